The van der Waals surface area contributed by atoms with Gasteiger partial charge in [0.05, 0.1) is 6.04 Å². The monoisotopic (exact) mass is 406 g/mol. The van der Waals surface area contributed by atoms with E-state index in [0.717, 1.165) is 21.7 Å². The van der Waals surface area contributed by atoms with Crippen LogP contribution in [-0.2, 0) is 4.79 Å². The van der Waals surface area contributed by atoms with Gasteiger partial charge in [-0.2, -0.15) is 0 Å². The van der Waals surface area contributed by atoms with Gasteiger partial charge in [0.1, 0.15) is 6.54 Å². The Morgan fingerprint density at radius 2 is 2.00 bits per heavy atom. The summed E-state index contributed by atoms with van der Waals surface area (Å²) in [5.41, 5.74) is 3.17. The summed E-state index contributed by atoms with van der Waals surface area (Å²) in [6, 6.07) is 14.6. The standard InChI is InChI=1S/C22H18N2O4S/c1-13-4-6-16-15(9-13)21(19-3-2-8-29-19)24(11-20(25)23-16)22(26)14-5-7-17-18(10-14)28-12-27-17/h2-10,21H,11-12H2,1H3,(H,23,25). The van der Waals surface area contributed by atoms with Crippen molar-refractivity contribution in [3.8, 4) is 11.5 Å². The number of carbonyl (C=O) groups excluding carboxylic acids is 2. The van der Waals surface area contributed by atoms with E-state index in [2.05, 4.69) is 5.32 Å². The summed E-state index contributed by atoms with van der Waals surface area (Å²) in [6.07, 6.45) is 0. The second kappa shape index (κ2) is 6.93. The number of carbonyl (C=O) groups is 2. The smallest absolute Gasteiger partial charge is 0.255 e. The Bertz CT molecular complexity index is 1110. The Hall–Kier alpha value is -3.32. The first-order valence-electron chi connectivity index (χ1n) is 9.24. The lowest BCUT2D eigenvalue weighted by atomic mass is 9.99. The van der Waals surface area contributed by atoms with Gasteiger partial charge in [0.25, 0.3) is 5.91 Å². The maximum Gasteiger partial charge on any atom is 0.255 e. The van der Waals surface area contributed by atoms with E-state index in [1.165, 1.54) is 0 Å². The number of fused-ring (bicyclic) bond motifs is 2. The fourth-order valence-corrected chi connectivity index (χ4v) is 4.62. The largest absolute Gasteiger partial charge is 0.454 e. The third kappa shape index (κ3) is 3.13. The molecule has 146 valence electrons. The lowest BCUT2D eigenvalue weighted by Gasteiger charge is -2.29. The molecule has 1 atom stereocenters. The van der Waals surface area contributed by atoms with Gasteiger partial charge in [-0.25, -0.2) is 0 Å². The highest BCUT2D eigenvalue weighted by atomic mass is 32.1. The molecular formula is C22H18N2O4S. The van der Waals surface area contributed by atoms with E-state index >= 15 is 0 Å². The van der Waals surface area contributed by atoms with Gasteiger partial charge >= 0.3 is 0 Å². The molecule has 0 bridgehead atoms. The molecule has 6 nitrogen and oxygen atoms in total. The van der Waals surface area contributed by atoms with E-state index in [1.807, 2.05) is 42.6 Å². The van der Waals surface area contributed by atoms with Crippen LogP contribution in [0.25, 0.3) is 0 Å². The molecular weight excluding hydrogens is 388 g/mol. The third-order valence-electron chi connectivity index (χ3n) is 5.09. The number of hydrogen-bond acceptors (Lipinski definition) is 5. The van der Waals surface area contributed by atoms with Gasteiger partial charge in [-0.05, 0) is 42.6 Å². The normalized spacial score (nSPS) is 17.5. The van der Waals surface area contributed by atoms with Crippen LogP contribution in [0.2, 0.25) is 0 Å². The van der Waals surface area contributed by atoms with E-state index in [0.29, 0.717) is 17.1 Å². The van der Waals surface area contributed by atoms with Crippen molar-refractivity contribution in [3.05, 3.63) is 75.5 Å². The average Bonchev–Trinajstić information content (AvgIpc) is 3.38. The maximum absolute atomic E-state index is 13.6. The number of ether oxygens (including phenoxy) is 2. The Kier molecular flexibility index (Phi) is 4.24. The van der Waals surface area contributed by atoms with Gasteiger partial charge in [-0.3, -0.25) is 9.59 Å². The molecule has 1 aromatic heterocycles. The summed E-state index contributed by atoms with van der Waals surface area (Å²) in [6.45, 7) is 2.11. The van der Waals surface area contributed by atoms with E-state index < -0.39 is 0 Å². The van der Waals surface area contributed by atoms with Gasteiger partial charge in [-0.15, -0.1) is 11.3 Å². The highest BCUT2D eigenvalue weighted by Crippen LogP contribution is 2.40. The Morgan fingerprint density at radius 3 is 2.83 bits per heavy atom. The summed E-state index contributed by atoms with van der Waals surface area (Å²) < 4.78 is 10.8. The van der Waals surface area contributed by atoms with Crippen LogP contribution < -0.4 is 14.8 Å². The zero-order valence-corrected chi connectivity index (χ0v) is 16.5. The van der Waals surface area contributed by atoms with Crippen molar-refractivity contribution in [2.24, 2.45) is 0 Å². The van der Waals surface area contributed by atoms with Gasteiger partial charge in [-0.1, -0.05) is 23.8 Å². The van der Waals surface area contributed by atoms with Crippen molar-refractivity contribution in [3.63, 3.8) is 0 Å². The van der Waals surface area contributed by atoms with Crippen LogP contribution >= 0.6 is 11.3 Å². The van der Waals surface area contributed by atoms with Crippen LogP contribution in [0.3, 0.4) is 0 Å². The predicted octanol–water partition coefficient (Wildman–Crippen LogP) is 3.97. The lowest BCUT2D eigenvalue weighted by molar-refractivity contribution is -0.117. The maximum atomic E-state index is 13.6. The summed E-state index contributed by atoms with van der Waals surface area (Å²) >= 11 is 1.57. The average molecular weight is 406 g/mol. The Balaban J connectivity index is 1.63. The number of anilines is 1. The number of amides is 2. The molecule has 3 aromatic rings. The van der Waals surface area contributed by atoms with Crippen LogP contribution in [0.15, 0.2) is 53.9 Å². The number of thiophene rings is 1. The minimum atomic E-state index is -0.359. The number of nitrogens with zero attached hydrogens (tertiary/aromatic N) is 1. The molecule has 2 aromatic carbocycles. The second-order valence-electron chi connectivity index (χ2n) is 7.06. The van der Waals surface area contributed by atoms with Crippen LogP contribution in [0, 0.1) is 6.92 Å². The van der Waals surface area contributed by atoms with Crippen LogP contribution in [0.5, 0.6) is 11.5 Å². The minimum absolute atomic E-state index is 0.0381. The van der Waals surface area contributed by atoms with Crippen LogP contribution in [-0.4, -0.2) is 30.1 Å². The second-order valence-corrected chi connectivity index (χ2v) is 8.04. The molecule has 7 heteroatoms. The molecule has 0 radical (unpaired) electrons. The molecule has 1 unspecified atom stereocenters. The van der Waals surface area contributed by atoms with Crippen LogP contribution in [0.4, 0.5) is 5.69 Å². The van der Waals surface area contributed by atoms with Gasteiger partial charge in [0.2, 0.25) is 12.7 Å². The summed E-state index contributed by atoms with van der Waals surface area (Å²) in [7, 11) is 0. The molecule has 3 heterocycles. The molecule has 0 fully saturated rings. The van der Waals surface area contributed by atoms with Gasteiger partial charge in [0, 0.05) is 21.7 Å². The van der Waals surface area contributed by atoms with E-state index in [4.69, 9.17) is 9.47 Å². The zero-order chi connectivity index (χ0) is 20.0. The first-order chi connectivity index (χ1) is 14.1. The molecule has 0 spiro atoms. The summed E-state index contributed by atoms with van der Waals surface area (Å²) in [5, 5.41) is 4.93. The fraction of sp³-hybridized carbons (Fsp3) is 0.182. The molecule has 29 heavy (non-hydrogen) atoms. The minimum Gasteiger partial charge on any atom is -0.454 e. The molecule has 2 aliphatic heterocycles. The number of rotatable bonds is 2. The molecule has 2 amide bonds. The molecule has 2 aliphatic rings. The van der Waals surface area contributed by atoms with Crippen molar-refractivity contribution in [1.29, 1.82) is 0 Å². The lowest BCUT2D eigenvalue weighted by Crippen LogP contribution is -2.38. The highest BCUT2D eigenvalue weighted by Gasteiger charge is 2.35. The van der Waals surface area contributed by atoms with Crippen molar-refractivity contribution < 1.29 is 19.1 Å². The van der Waals surface area contributed by atoms with Crippen molar-refractivity contribution in [2.45, 2.75) is 13.0 Å². The van der Waals surface area contributed by atoms with Gasteiger partial charge in [0.15, 0.2) is 11.5 Å². The number of benzene rings is 2. The SMILES string of the molecule is Cc1ccc2c(c1)C(c1cccs1)N(C(=O)c1ccc3c(c1)OCO3)CC(=O)N2. The summed E-state index contributed by atoms with van der Waals surface area (Å²) in [5.74, 6) is 0.708. The van der Waals surface area contributed by atoms with E-state index in [-0.39, 0.29) is 31.2 Å². The topological polar surface area (TPSA) is 67.9 Å². The van der Waals surface area contributed by atoms with Gasteiger partial charge < -0.3 is 19.7 Å². The van der Waals surface area contributed by atoms with Crippen molar-refractivity contribution >= 4 is 28.8 Å². The summed E-state index contributed by atoms with van der Waals surface area (Å²) in [4.78, 5) is 28.8. The number of nitrogens with one attached hydrogen (secondary N) is 1. The predicted molar refractivity (Wildman–Crippen MR) is 110 cm³/mol. The molecule has 0 aliphatic carbocycles. The molecule has 5 rings (SSSR count). The Morgan fingerprint density at radius 1 is 1.14 bits per heavy atom. The van der Waals surface area contributed by atoms with Crippen molar-refractivity contribution in [2.75, 3.05) is 18.7 Å². The molecule has 1 N–H and O–H groups in total. The first kappa shape index (κ1) is 17.8. The van der Waals surface area contributed by atoms with E-state index in [9.17, 15) is 9.59 Å². The zero-order valence-electron chi connectivity index (χ0n) is 15.7. The number of aryl methyl sites for hydroxylation is 1. The third-order valence-corrected chi connectivity index (χ3v) is 6.02. The van der Waals surface area contributed by atoms with E-state index in [1.54, 1.807) is 34.4 Å². The quantitative estimate of drug-likeness (QED) is 0.699. The number of hydrogen-bond donors (Lipinski definition) is 1. The highest BCUT2D eigenvalue weighted by molar-refractivity contribution is 7.10. The Labute approximate surface area is 171 Å². The fourth-order valence-electron chi connectivity index (χ4n) is 3.76. The first-order valence-corrected chi connectivity index (χ1v) is 10.1. The molecule has 0 saturated carbocycles. The van der Waals surface area contributed by atoms with Crippen molar-refractivity contribution in [1.82, 2.24) is 4.90 Å². The van der Waals surface area contributed by atoms with Crippen LogP contribution in [0.1, 0.15) is 32.4 Å². The molecule has 0 saturated heterocycles.